The molecule has 2 heterocycles. The number of amides is 1. The fourth-order valence-electron chi connectivity index (χ4n) is 3.68. The van der Waals surface area contributed by atoms with E-state index in [0.29, 0.717) is 38.6 Å². The van der Waals surface area contributed by atoms with Gasteiger partial charge in [0.2, 0.25) is 5.91 Å². The van der Waals surface area contributed by atoms with Crippen molar-refractivity contribution < 1.29 is 19.0 Å². The van der Waals surface area contributed by atoms with Crippen molar-refractivity contribution in [2.75, 3.05) is 40.0 Å². The molecule has 1 aromatic rings. The zero-order valence-corrected chi connectivity index (χ0v) is 14.6. The quantitative estimate of drug-likeness (QED) is 0.768. The first kappa shape index (κ1) is 17.2. The SMILES string of the molecule is CCOc1ccc(CCC(=O)N2CC3(C2)OCC[C@@H]3COC)cc1. The summed E-state index contributed by atoms with van der Waals surface area (Å²) in [6.07, 6.45) is 2.33. The molecule has 1 spiro atoms. The molecule has 0 aliphatic carbocycles. The number of carbonyl (C=O) groups is 1. The monoisotopic (exact) mass is 333 g/mol. The predicted molar refractivity (Wildman–Crippen MR) is 91.2 cm³/mol. The Kier molecular flexibility index (Phi) is 5.41. The first-order chi connectivity index (χ1) is 11.7. The van der Waals surface area contributed by atoms with E-state index in [4.69, 9.17) is 14.2 Å². The Morgan fingerprint density at radius 2 is 2.08 bits per heavy atom. The van der Waals surface area contributed by atoms with Crippen LogP contribution >= 0.6 is 0 Å². The number of hydrogen-bond acceptors (Lipinski definition) is 4. The number of likely N-dealkylation sites (tertiary alicyclic amines) is 1. The fraction of sp³-hybridized carbons (Fsp3) is 0.632. The summed E-state index contributed by atoms with van der Waals surface area (Å²) in [7, 11) is 1.73. The van der Waals surface area contributed by atoms with Gasteiger partial charge in [0.15, 0.2) is 0 Å². The van der Waals surface area contributed by atoms with Crippen LogP contribution in [0.3, 0.4) is 0 Å². The van der Waals surface area contributed by atoms with E-state index in [0.717, 1.165) is 30.8 Å². The Labute approximate surface area is 143 Å². The van der Waals surface area contributed by atoms with Crippen LogP contribution in [0.1, 0.15) is 25.3 Å². The number of ether oxygens (including phenoxy) is 3. The Hall–Kier alpha value is -1.59. The highest BCUT2D eigenvalue weighted by molar-refractivity contribution is 5.77. The second kappa shape index (κ2) is 7.53. The van der Waals surface area contributed by atoms with Gasteiger partial charge in [-0.25, -0.2) is 0 Å². The van der Waals surface area contributed by atoms with Gasteiger partial charge in [0.1, 0.15) is 11.4 Å². The van der Waals surface area contributed by atoms with Crippen molar-refractivity contribution in [1.29, 1.82) is 0 Å². The first-order valence-electron chi connectivity index (χ1n) is 8.79. The zero-order chi connectivity index (χ0) is 17.0. The molecule has 0 radical (unpaired) electrons. The molecule has 0 bridgehead atoms. The van der Waals surface area contributed by atoms with Gasteiger partial charge >= 0.3 is 0 Å². The van der Waals surface area contributed by atoms with Gasteiger partial charge in [0, 0.05) is 26.1 Å². The van der Waals surface area contributed by atoms with E-state index in [1.54, 1.807) is 7.11 Å². The molecular weight excluding hydrogens is 306 g/mol. The van der Waals surface area contributed by atoms with E-state index < -0.39 is 0 Å². The van der Waals surface area contributed by atoms with Gasteiger partial charge in [0.05, 0.1) is 26.3 Å². The minimum absolute atomic E-state index is 0.148. The van der Waals surface area contributed by atoms with Crippen molar-refractivity contribution in [3.8, 4) is 5.75 Å². The van der Waals surface area contributed by atoms with Gasteiger partial charge in [-0.3, -0.25) is 4.79 Å². The van der Waals surface area contributed by atoms with Crippen LogP contribution in [0.2, 0.25) is 0 Å². The highest BCUT2D eigenvalue weighted by atomic mass is 16.5. The lowest BCUT2D eigenvalue weighted by Crippen LogP contribution is -2.66. The van der Waals surface area contributed by atoms with Gasteiger partial charge in [0.25, 0.3) is 0 Å². The standard InChI is InChI=1S/C19H27NO4/c1-3-23-17-7-4-15(5-8-17)6-9-18(21)20-13-19(14-20)16(12-22-2)10-11-24-19/h4-5,7-8,16H,3,6,9-14H2,1-2H3/t16-/m1/s1. The van der Waals surface area contributed by atoms with Crippen molar-refractivity contribution in [3.05, 3.63) is 29.8 Å². The van der Waals surface area contributed by atoms with Gasteiger partial charge in [-0.05, 0) is 37.5 Å². The molecule has 1 aromatic carbocycles. The van der Waals surface area contributed by atoms with Crippen LogP contribution in [-0.4, -0.2) is 56.4 Å². The van der Waals surface area contributed by atoms with Gasteiger partial charge in [-0.1, -0.05) is 12.1 Å². The Morgan fingerprint density at radius 1 is 1.33 bits per heavy atom. The molecule has 24 heavy (non-hydrogen) atoms. The Morgan fingerprint density at radius 3 is 2.75 bits per heavy atom. The normalized spacial score (nSPS) is 21.8. The average Bonchev–Trinajstić information content (AvgIpc) is 2.97. The maximum Gasteiger partial charge on any atom is 0.223 e. The third kappa shape index (κ3) is 3.57. The minimum atomic E-state index is -0.148. The van der Waals surface area contributed by atoms with E-state index in [1.165, 1.54) is 0 Å². The molecule has 0 unspecified atom stereocenters. The Balaban J connectivity index is 1.45. The molecule has 0 N–H and O–H groups in total. The number of nitrogens with zero attached hydrogens (tertiary/aromatic N) is 1. The number of methoxy groups -OCH3 is 1. The summed E-state index contributed by atoms with van der Waals surface area (Å²) >= 11 is 0. The molecule has 132 valence electrons. The molecule has 2 fully saturated rings. The third-order valence-corrected chi connectivity index (χ3v) is 5.10. The zero-order valence-electron chi connectivity index (χ0n) is 14.6. The van der Waals surface area contributed by atoms with E-state index in [1.807, 2.05) is 36.1 Å². The maximum atomic E-state index is 12.4. The highest BCUT2D eigenvalue weighted by Crippen LogP contribution is 2.40. The summed E-state index contributed by atoms with van der Waals surface area (Å²) in [6.45, 7) is 5.56. The summed E-state index contributed by atoms with van der Waals surface area (Å²) < 4.78 is 16.7. The number of benzene rings is 1. The van der Waals surface area contributed by atoms with Crippen molar-refractivity contribution in [3.63, 3.8) is 0 Å². The van der Waals surface area contributed by atoms with Crippen LogP contribution in [0.4, 0.5) is 0 Å². The predicted octanol–water partition coefficient (Wildman–Crippen LogP) is 2.28. The van der Waals surface area contributed by atoms with Crippen LogP contribution in [0, 0.1) is 5.92 Å². The lowest BCUT2D eigenvalue weighted by molar-refractivity contribution is -0.168. The van der Waals surface area contributed by atoms with Crippen LogP contribution in [-0.2, 0) is 20.7 Å². The highest BCUT2D eigenvalue weighted by Gasteiger charge is 2.54. The molecule has 2 aliphatic rings. The molecule has 1 atom stereocenters. The molecule has 3 rings (SSSR count). The average molecular weight is 333 g/mol. The largest absolute Gasteiger partial charge is 0.494 e. The summed E-state index contributed by atoms with van der Waals surface area (Å²) in [4.78, 5) is 14.3. The summed E-state index contributed by atoms with van der Waals surface area (Å²) in [5.41, 5.74) is 1.02. The maximum absolute atomic E-state index is 12.4. The third-order valence-electron chi connectivity index (χ3n) is 5.10. The number of hydrogen-bond donors (Lipinski definition) is 0. The fourth-order valence-corrected chi connectivity index (χ4v) is 3.68. The van der Waals surface area contributed by atoms with Crippen LogP contribution < -0.4 is 4.74 Å². The smallest absolute Gasteiger partial charge is 0.223 e. The molecule has 2 aliphatic heterocycles. The van der Waals surface area contributed by atoms with Crippen molar-refractivity contribution >= 4 is 5.91 Å². The van der Waals surface area contributed by atoms with Gasteiger partial charge < -0.3 is 19.1 Å². The second-order valence-electron chi connectivity index (χ2n) is 6.68. The second-order valence-corrected chi connectivity index (χ2v) is 6.68. The lowest BCUT2D eigenvalue weighted by atomic mass is 9.81. The summed E-state index contributed by atoms with van der Waals surface area (Å²) in [6, 6.07) is 7.99. The van der Waals surface area contributed by atoms with E-state index in [9.17, 15) is 4.79 Å². The molecule has 1 amide bonds. The van der Waals surface area contributed by atoms with Crippen molar-refractivity contribution in [2.45, 2.75) is 31.8 Å². The van der Waals surface area contributed by atoms with E-state index >= 15 is 0 Å². The number of rotatable bonds is 7. The minimum Gasteiger partial charge on any atom is -0.494 e. The van der Waals surface area contributed by atoms with Crippen molar-refractivity contribution in [1.82, 2.24) is 4.90 Å². The molecule has 0 saturated carbocycles. The van der Waals surface area contributed by atoms with E-state index in [-0.39, 0.29) is 11.5 Å². The van der Waals surface area contributed by atoms with Gasteiger partial charge in [-0.2, -0.15) is 0 Å². The topological polar surface area (TPSA) is 48.0 Å². The van der Waals surface area contributed by atoms with E-state index in [2.05, 4.69) is 0 Å². The molecule has 5 heteroatoms. The molecule has 0 aromatic heterocycles. The van der Waals surface area contributed by atoms with Crippen molar-refractivity contribution in [2.24, 2.45) is 5.92 Å². The Bertz CT molecular complexity index is 551. The molecular formula is C19H27NO4. The summed E-state index contributed by atoms with van der Waals surface area (Å²) in [5.74, 6) is 1.50. The van der Waals surface area contributed by atoms with Crippen LogP contribution in [0.15, 0.2) is 24.3 Å². The van der Waals surface area contributed by atoms with Crippen LogP contribution in [0.5, 0.6) is 5.75 Å². The number of aryl methyl sites for hydroxylation is 1. The summed E-state index contributed by atoms with van der Waals surface area (Å²) in [5, 5.41) is 0. The molecule has 2 saturated heterocycles. The molecule has 5 nitrogen and oxygen atoms in total. The number of carbonyl (C=O) groups excluding carboxylic acids is 1. The first-order valence-corrected chi connectivity index (χ1v) is 8.79. The van der Waals surface area contributed by atoms with Crippen LogP contribution in [0.25, 0.3) is 0 Å². The lowest BCUT2D eigenvalue weighted by Gasteiger charge is -2.50. The van der Waals surface area contributed by atoms with Gasteiger partial charge in [-0.15, -0.1) is 0 Å².